The number of aromatic nitrogens is 1. The summed E-state index contributed by atoms with van der Waals surface area (Å²) in [6, 6.07) is 10.2. The van der Waals surface area contributed by atoms with Gasteiger partial charge in [0.05, 0.1) is 11.9 Å². The fourth-order valence-electron chi connectivity index (χ4n) is 2.14. The molecule has 1 amide bonds. The van der Waals surface area contributed by atoms with E-state index >= 15 is 0 Å². The van der Waals surface area contributed by atoms with E-state index in [1.54, 1.807) is 0 Å². The Kier molecular flexibility index (Phi) is 2.87. The molecule has 3 rings (SSSR count). The number of fused-ring (bicyclic) bond motifs is 1. The van der Waals surface area contributed by atoms with E-state index in [1.807, 2.05) is 24.3 Å². The second-order valence-corrected chi connectivity index (χ2v) is 4.42. The molecule has 2 aromatic rings. The molecule has 2 N–H and O–H groups in total. The Morgan fingerprint density at radius 3 is 2.89 bits per heavy atom. The van der Waals surface area contributed by atoms with Crippen molar-refractivity contribution in [3.8, 4) is 0 Å². The maximum absolute atomic E-state index is 12.7. The van der Waals surface area contributed by atoms with Crippen LogP contribution in [0.4, 0.5) is 15.8 Å². The third-order valence-corrected chi connectivity index (χ3v) is 3.08. The van der Waals surface area contributed by atoms with E-state index in [-0.39, 0.29) is 11.9 Å². The van der Waals surface area contributed by atoms with Crippen molar-refractivity contribution in [1.82, 2.24) is 4.98 Å². The van der Waals surface area contributed by atoms with Crippen LogP contribution < -0.4 is 10.6 Å². The smallest absolute Gasteiger partial charge is 0.247 e. The standard InChI is InChI=1S/C14H12FN3O/c15-13-6-5-10(8-16-13)17-14(19)12-7-9-3-1-2-4-11(9)18-12/h1-6,8,12,18H,7H2,(H,17,19). The van der Waals surface area contributed by atoms with Gasteiger partial charge in [-0.3, -0.25) is 4.79 Å². The average molecular weight is 257 g/mol. The van der Waals surface area contributed by atoms with E-state index in [0.29, 0.717) is 12.1 Å². The lowest BCUT2D eigenvalue weighted by Crippen LogP contribution is -2.32. The van der Waals surface area contributed by atoms with Crippen LogP contribution in [0.1, 0.15) is 5.56 Å². The summed E-state index contributed by atoms with van der Waals surface area (Å²) in [6.45, 7) is 0. The van der Waals surface area contributed by atoms with E-state index in [2.05, 4.69) is 15.6 Å². The molecule has 1 aromatic carbocycles. The Balaban J connectivity index is 1.68. The molecule has 1 aliphatic heterocycles. The highest BCUT2D eigenvalue weighted by Crippen LogP contribution is 2.25. The van der Waals surface area contributed by atoms with Crippen molar-refractivity contribution in [1.29, 1.82) is 0 Å². The van der Waals surface area contributed by atoms with Gasteiger partial charge in [-0.1, -0.05) is 18.2 Å². The Labute approximate surface area is 109 Å². The first-order chi connectivity index (χ1) is 9.22. The first-order valence-electron chi connectivity index (χ1n) is 5.99. The van der Waals surface area contributed by atoms with Crippen molar-refractivity contribution >= 4 is 17.3 Å². The molecule has 1 aromatic heterocycles. The first-order valence-corrected chi connectivity index (χ1v) is 5.99. The van der Waals surface area contributed by atoms with Gasteiger partial charge in [0.2, 0.25) is 11.9 Å². The Bertz CT molecular complexity index is 587. The highest BCUT2D eigenvalue weighted by atomic mass is 19.1. The van der Waals surface area contributed by atoms with Crippen LogP contribution in [0.15, 0.2) is 42.6 Å². The number of nitrogens with one attached hydrogen (secondary N) is 2. The van der Waals surface area contributed by atoms with Crippen LogP contribution in [0.25, 0.3) is 0 Å². The molecule has 2 heterocycles. The normalized spacial score (nSPS) is 16.6. The van der Waals surface area contributed by atoms with Gasteiger partial charge in [0.15, 0.2) is 0 Å². The molecule has 19 heavy (non-hydrogen) atoms. The van der Waals surface area contributed by atoms with Gasteiger partial charge in [-0.05, 0) is 23.8 Å². The molecule has 0 radical (unpaired) electrons. The molecular weight excluding hydrogens is 245 g/mol. The lowest BCUT2D eigenvalue weighted by molar-refractivity contribution is -0.116. The van der Waals surface area contributed by atoms with Crippen LogP contribution in [0.5, 0.6) is 0 Å². The summed E-state index contributed by atoms with van der Waals surface area (Å²) in [7, 11) is 0. The summed E-state index contributed by atoms with van der Waals surface area (Å²) in [6.07, 6.45) is 1.95. The molecule has 96 valence electrons. The Hall–Kier alpha value is -2.43. The van der Waals surface area contributed by atoms with Crippen LogP contribution >= 0.6 is 0 Å². The van der Waals surface area contributed by atoms with Gasteiger partial charge in [-0.15, -0.1) is 0 Å². The molecule has 0 bridgehead atoms. The maximum Gasteiger partial charge on any atom is 0.247 e. The average Bonchev–Trinajstić information content (AvgIpc) is 2.85. The first kappa shape index (κ1) is 11.6. The molecule has 0 saturated carbocycles. The summed E-state index contributed by atoms with van der Waals surface area (Å²) in [5.41, 5.74) is 2.60. The Morgan fingerprint density at radius 1 is 1.32 bits per heavy atom. The van der Waals surface area contributed by atoms with Crippen LogP contribution in [0.3, 0.4) is 0 Å². The van der Waals surface area contributed by atoms with Crippen molar-refractivity contribution < 1.29 is 9.18 Å². The van der Waals surface area contributed by atoms with Gasteiger partial charge in [0, 0.05) is 12.1 Å². The molecule has 4 nitrogen and oxygen atoms in total. The number of halogens is 1. The molecule has 1 aliphatic rings. The predicted octanol–water partition coefficient (Wildman–Crippen LogP) is 2.20. The number of rotatable bonds is 2. The number of hydrogen-bond donors (Lipinski definition) is 2. The van der Waals surface area contributed by atoms with Gasteiger partial charge >= 0.3 is 0 Å². The minimum atomic E-state index is -0.565. The zero-order chi connectivity index (χ0) is 13.2. The van der Waals surface area contributed by atoms with Gasteiger partial charge in [-0.2, -0.15) is 4.39 Å². The second kappa shape index (κ2) is 4.68. The number of anilines is 2. The topological polar surface area (TPSA) is 54.0 Å². The minimum Gasteiger partial charge on any atom is -0.373 e. The number of hydrogen-bond acceptors (Lipinski definition) is 3. The largest absolute Gasteiger partial charge is 0.373 e. The van der Waals surface area contributed by atoms with Crippen molar-refractivity contribution in [3.05, 3.63) is 54.1 Å². The monoisotopic (exact) mass is 257 g/mol. The molecular formula is C14H12FN3O. The number of para-hydroxylation sites is 1. The zero-order valence-electron chi connectivity index (χ0n) is 10.1. The summed E-state index contributed by atoms with van der Waals surface area (Å²) >= 11 is 0. The van der Waals surface area contributed by atoms with Crippen LogP contribution in [-0.4, -0.2) is 16.9 Å². The highest BCUT2D eigenvalue weighted by molar-refractivity contribution is 5.97. The molecule has 0 spiro atoms. The molecule has 5 heteroatoms. The van der Waals surface area contributed by atoms with Gasteiger partial charge in [-0.25, -0.2) is 4.98 Å². The summed E-state index contributed by atoms with van der Waals surface area (Å²) in [4.78, 5) is 15.6. The lowest BCUT2D eigenvalue weighted by atomic mass is 10.1. The van der Waals surface area contributed by atoms with E-state index in [1.165, 1.54) is 18.3 Å². The van der Waals surface area contributed by atoms with Crippen molar-refractivity contribution in [2.24, 2.45) is 0 Å². The third-order valence-electron chi connectivity index (χ3n) is 3.08. The zero-order valence-corrected chi connectivity index (χ0v) is 10.1. The van der Waals surface area contributed by atoms with Crippen molar-refractivity contribution in [3.63, 3.8) is 0 Å². The second-order valence-electron chi connectivity index (χ2n) is 4.42. The van der Waals surface area contributed by atoms with Gasteiger partial charge in [0.25, 0.3) is 0 Å². The maximum atomic E-state index is 12.7. The summed E-state index contributed by atoms with van der Waals surface area (Å²) in [5.74, 6) is -0.714. The number of amides is 1. The van der Waals surface area contributed by atoms with Crippen molar-refractivity contribution in [2.75, 3.05) is 10.6 Å². The molecule has 0 saturated heterocycles. The minimum absolute atomic E-state index is 0.149. The number of pyridine rings is 1. The van der Waals surface area contributed by atoms with Gasteiger partial charge < -0.3 is 10.6 Å². The van der Waals surface area contributed by atoms with E-state index in [9.17, 15) is 9.18 Å². The van der Waals surface area contributed by atoms with Crippen molar-refractivity contribution in [2.45, 2.75) is 12.5 Å². The van der Waals surface area contributed by atoms with E-state index in [0.717, 1.165) is 11.3 Å². The molecule has 0 aliphatic carbocycles. The van der Waals surface area contributed by atoms with Crippen LogP contribution in [0, 0.1) is 5.95 Å². The van der Waals surface area contributed by atoms with E-state index < -0.39 is 5.95 Å². The quantitative estimate of drug-likeness (QED) is 0.811. The van der Waals surface area contributed by atoms with E-state index in [4.69, 9.17) is 0 Å². The fourth-order valence-corrected chi connectivity index (χ4v) is 2.14. The number of carbonyl (C=O) groups excluding carboxylic acids is 1. The molecule has 1 unspecified atom stereocenters. The molecule has 1 atom stereocenters. The summed E-state index contributed by atoms with van der Waals surface area (Å²) < 4.78 is 12.7. The highest BCUT2D eigenvalue weighted by Gasteiger charge is 2.26. The number of benzene rings is 1. The summed E-state index contributed by atoms with van der Waals surface area (Å²) in [5, 5.41) is 5.87. The molecule has 0 fully saturated rings. The predicted molar refractivity (Wildman–Crippen MR) is 70.4 cm³/mol. The Morgan fingerprint density at radius 2 is 2.16 bits per heavy atom. The number of carbonyl (C=O) groups is 1. The number of nitrogens with zero attached hydrogens (tertiary/aromatic N) is 1. The van der Waals surface area contributed by atoms with Gasteiger partial charge in [0.1, 0.15) is 6.04 Å². The lowest BCUT2D eigenvalue weighted by Gasteiger charge is -2.11. The fraction of sp³-hybridized carbons (Fsp3) is 0.143. The third kappa shape index (κ3) is 2.40. The van der Waals surface area contributed by atoms with Crippen LogP contribution in [-0.2, 0) is 11.2 Å². The van der Waals surface area contributed by atoms with Crippen LogP contribution in [0.2, 0.25) is 0 Å². The SMILES string of the molecule is O=C(Nc1ccc(F)nc1)C1Cc2ccccc2N1.